The molecule has 0 atom stereocenters. The molecule has 0 fully saturated rings. The first kappa shape index (κ1) is 21.1. The first-order valence-electron chi connectivity index (χ1n) is 10.1. The van der Waals surface area contributed by atoms with Crippen LogP contribution in [0.2, 0.25) is 0 Å². The number of rotatable bonds is 6. The number of aromatic nitrogens is 1. The Bertz CT molecular complexity index is 1210. The molecular formula is C26H22N2O4. The van der Waals surface area contributed by atoms with Crippen molar-refractivity contribution < 1.29 is 18.7 Å². The molecular weight excluding hydrogens is 404 g/mol. The Morgan fingerprint density at radius 3 is 2.31 bits per heavy atom. The molecule has 0 radical (unpaired) electrons. The Hall–Kier alpha value is -4.19. The van der Waals surface area contributed by atoms with Crippen LogP contribution < -0.4 is 9.64 Å². The number of amides is 1. The van der Waals surface area contributed by atoms with Crippen LogP contribution in [0.4, 0.5) is 5.69 Å². The summed E-state index contributed by atoms with van der Waals surface area (Å²) in [6.07, 6.45) is 1.45. The van der Waals surface area contributed by atoms with Crippen LogP contribution >= 0.6 is 0 Å². The smallest absolute Gasteiger partial charge is 0.317 e. The lowest BCUT2D eigenvalue weighted by Crippen LogP contribution is -2.26. The highest BCUT2D eigenvalue weighted by molar-refractivity contribution is 6.05. The van der Waals surface area contributed by atoms with Crippen molar-refractivity contribution in [3.8, 4) is 17.2 Å². The minimum absolute atomic E-state index is 0.0100. The predicted molar refractivity (Wildman–Crippen MR) is 122 cm³/mol. The standard InChI is InChI=1S/C26H22N2O4/c1-18-8-10-20(11-9-18)26(30)28(2)22-12-14-23(15-13-22)32-24(29)16-21-17-31-25(27-21)19-6-4-3-5-7-19/h3-15,17H,16H2,1-2H3. The van der Waals surface area contributed by atoms with E-state index in [0.717, 1.165) is 11.1 Å². The first-order chi connectivity index (χ1) is 15.5. The third-order valence-electron chi connectivity index (χ3n) is 4.96. The fourth-order valence-corrected chi connectivity index (χ4v) is 3.16. The van der Waals surface area contributed by atoms with Crippen LogP contribution in [0.25, 0.3) is 11.5 Å². The van der Waals surface area contributed by atoms with E-state index < -0.39 is 5.97 Å². The number of anilines is 1. The van der Waals surface area contributed by atoms with Crippen LogP contribution in [-0.2, 0) is 11.2 Å². The number of hydrogen-bond acceptors (Lipinski definition) is 5. The Labute approximate surface area is 186 Å². The molecule has 160 valence electrons. The topological polar surface area (TPSA) is 72.6 Å². The van der Waals surface area contributed by atoms with Crippen LogP contribution in [0.1, 0.15) is 21.6 Å². The number of carbonyl (C=O) groups is 2. The van der Waals surface area contributed by atoms with Gasteiger partial charge in [0.25, 0.3) is 5.91 Å². The molecule has 0 bridgehead atoms. The molecule has 0 saturated carbocycles. The number of benzene rings is 3. The SMILES string of the molecule is Cc1ccc(C(=O)N(C)c2ccc(OC(=O)Cc3coc(-c4ccccc4)n3)cc2)cc1. The van der Waals surface area contributed by atoms with Gasteiger partial charge in [-0.2, -0.15) is 0 Å². The van der Waals surface area contributed by atoms with Gasteiger partial charge in [-0.15, -0.1) is 0 Å². The zero-order valence-corrected chi connectivity index (χ0v) is 17.8. The molecule has 4 aromatic rings. The molecule has 0 N–H and O–H groups in total. The maximum atomic E-state index is 12.7. The normalized spacial score (nSPS) is 10.6. The van der Waals surface area contributed by atoms with E-state index in [-0.39, 0.29) is 12.3 Å². The van der Waals surface area contributed by atoms with Gasteiger partial charge in [-0.25, -0.2) is 4.98 Å². The van der Waals surface area contributed by atoms with Gasteiger partial charge in [-0.1, -0.05) is 35.9 Å². The lowest BCUT2D eigenvalue weighted by Gasteiger charge is -2.18. The molecule has 0 spiro atoms. The lowest BCUT2D eigenvalue weighted by molar-refractivity contribution is -0.133. The summed E-state index contributed by atoms with van der Waals surface area (Å²) < 4.78 is 10.9. The number of esters is 1. The quantitative estimate of drug-likeness (QED) is 0.318. The average molecular weight is 426 g/mol. The van der Waals surface area contributed by atoms with Gasteiger partial charge < -0.3 is 14.1 Å². The third-order valence-corrected chi connectivity index (χ3v) is 4.96. The molecule has 1 heterocycles. The maximum Gasteiger partial charge on any atom is 0.317 e. The Morgan fingerprint density at radius 2 is 1.62 bits per heavy atom. The maximum absolute atomic E-state index is 12.7. The third kappa shape index (κ3) is 4.92. The summed E-state index contributed by atoms with van der Waals surface area (Å²) in [7, 11) is 1.71. The number of nitrogens with zero attached hydrogens (tertiary/aromatic N) is 2. The van der Waals surface area contributed by atoms with E-state index in [2.05, 4.69) is 4.98 Å². The van der Waals surface area contributed by atoms with Crippen LogP contribution in [0.15, 0.2) is 89.5 Å². The van der Waals surface area contributed by atoms with Gasteiger partial charge in [0.1, 0.15) is 12.0 Å². The molecule has 0 aliphatic carbocycles. The minimum atomic E-state index is -0.449. The molecule has 3 aromatic carbocycles. The molecule has 32 heavy (non-hydrogen) atoms. The highest BCUT2D eigenvalue weighted by Gasteiger charge is 2.15. The Balaban J connectivity index is 1.36. The Kier molecular flexibility index (Phi) is 6.12. The zero-order valence-electron chi connectivity index (χ0n) is 17.8. The monoisotopic (exact) mass is 426 g/mol. The van der Waals surface area contributed by atoms with Crippen LogP contribution in [0.5, 0.6) is 5.75 Å². The molecule has 6 nitrogen and oxygen atoms in total. The summed E-state index contributed by atoms with van der Waals surface area (Å²) >= 11 is 0. The van der Waals surface area contributed by atoms with Gasteiger partial charge in [0, 0.05) is 23.9 Å². The fourth-order valence-electron chi connectivity index (χ4n) is 3.16. The van der Waals surface area contributed by atoms with Crippen LogP contribution in [0, 0.1) is 6.92 Å². The van der Waals surface area contributed by atoms with Crippen molar-refractivity contribution >= 4 is 17.6 Å². The van der Waals surface area contributed by atoms with Gasteiger partial charge in [-0.05, 0) is 55.5 Å². The second kappa shape index (κ2) is 9.31. The number of oxazole rings is 1. The molecule has 0 aliphatic heterocycles. The van der Waals surface area contributed by atoms with E-state index >= 15 is 0 Å². The zero-order chi connectivity index (χ0) is 22.5. The van der Waals surface area contributed by atoms with Crippen molar-refractivity contribution in [1.82, 2.24) is 4.98 Å². The number of ether oxygens (including phenoxy) is 1. The molecule has 0 saturated heterocycles. The molecule has 1 amide bonds. The summed E-state index contributed by atoms with van der Waals surface area (Å²) in [5.74, 6) is 0.283. The van der Waals surface area contributed by atoms with E-state index in [0.29, 0.717) is 28.6 Å². The second-order valence-electron chi connectivity index (χ2n) is 7.38. The summed E-state index contributed by atoms with van der Waals surface area (Å²) in [6, 6.07) is 23.7. The van der Waals surface area contributed by atoms with Crippen molar-refractivity contribution in [2.45, 2.75) is 13.3 Å². The summed E-state index contributed by atoms with van der Waals surface area (Å²) in [6.45, 7) is 1.98. The van der Waals surface area contributed by atoms with E-state index in [1.54, 1.807) is 48.3 Å². The van der Waals surface area contributed by atoms with Crippen molar-refractivity contribution in [2.75, 3.05) is 11.9 Å². The lowest BCUT2D eigenvalue weighted by atomic mass is 10.1. The summed E-state index contributed by atoms with van der Waals surface area (Å²) in [5.41, 5.74) is 3.73. The van der Waals surface area contributed by atoms with E-state index in [1.807, 2.05) is 49.4 Å². The summed E-state index contributed by atoms with van der Waals surface area (Å²) in [5, 5.41) is 0. The number of hydrogen-bond donors (Lipinski definition) is 0. The Morgan fingerprint density at radius 1 is 0.938 bits per heavy atom. The van der Waals surface area contributed by atoms with Crippen molar-refractivity contribution in [1.29, 1.82) is 0 Å². The molecule has 4 rings (SSSR count). The van der Waals surface area contributed by atoms with Gasteiger partial charge >= 0.3 is 5.97 Å². The van der Waals surface area contributed by atoms with E-state index in [9.17, 15) is 9.59 Å². The number of aryl methyl sites for hydroxylation is 1. The summed E-state index contributed by atoms with van der Waals surface area (Å²) in [4.78, 5) is 30.8. The average Bonchev–Trinajstić information content (AvgIpc) is 3.28. The van der Waals surface area contributed by atoms with Gasteiger partial charge in [-0.3, -0.25) is 9.59 Å². The van der Waals surface area contributed by atoms with E-state index in [4.69, 9.17) is 9.15 Å². The van der Waals surface area contributed by atoms with Crippen LogP contribution in [0.3, 0.4) is 0 Å². The molecule has 1 aromatic heterocycles. The molecule has 0 unspecified atom stereocenters. The van der Waals surface area contributed by atoms with E-state index in [1.165, 1.54) is 6.26 Å². The largest absolute Gasteiger partial charge is 0.444 e. The minimum Gasteiger partial charge on any atom is -0.444 e. The highest BCUT2D eigenvalue weighted by atomic mass is 16.5. The van der Waals surface area contributed by atoms with Gasteiger partial charge in [0.2, 0.25) is 5.89 Å². The fraction of sp³-hybridized carbons (Fsp3) is 0.115. The van der Waals surface area contributed by atoms with Crippen LogP contribution in [-0.4, -0.2) is 23.9 Å². The predicted octanol–water partition coefficient (Wildman–Crippen LogP) is 5.07. The van der Waals surface area contributed by atoms with Crippen molar-refractivity contribution in [2.24, 2.45) is 0 Å². The molecule has 6 heteroatoms. The first-order valence-corrected chi connectivity index (χ1v) is 10.1. The van der Waals surface area contributed by atoms with Crippen molar-refractivity contribution in [3.05, 3.63) is 102 Å². The molecule has 0 aliphatic rings. The van der Waals surface area contributed by atoms with Gasteiger partial charge in [0.05, 0.1) is 12.1 Å². The number of carbonyl (C=O) groups excluding carboxylic acids is 2. The second-order valence-corrected chi connectivity index (χ2v) is 7.38. The van der Waals surface area contributed by atoms with Gasteiger partial charge in [0.15, 0.2) is 0 Å². The highest BCUT2D eigenvalue weighted by Crippen LogP contribution is 2.22. The van der Waals surface area contributed by atoms with Crippen molar-refractivity contribution in [3.63, 3.8) is 0 Å².